The Labute approximate surface area is 89.2 Å². The van der Waals surface area contributed by atoms with E-state index in [-0.39, 0.29) is 5.78 Å². The monoisotopic (exact) mass is 209 g/mol. The average Bonchev–Trinajstić information content (AvgIpc) is 2.25. The molecule has 0 aromatic carbocycles. The zero-order valence-electron chi connectivity index (χ0n) is 9.03. The fraction of sp³-hybridized carbons (Fsp3) is 0.455. The van der Waals surface area contributed by atoms with Crippen LogP contribution in [-0.4, -0.2) is 30.6 Å². The van der Waals surface area contributed by atoms with E-state index in [4.69, 9.17) is 9.47 Å². The number of ketones is 1. The number of rotatable bonds is 6. The third-order valence-electron chi connectivity index (χ3n) is 1.85. The molecule has 1 aromatic rings. The van der Waals surface area contributed by atoms with Gasteiger partial charge in [0, 0.05) is 19.0 Å². The van der Waals surface area contributed by atoms with Gasteiger partial charge in [-0.3, -0.25) is 9.78 Å². The van der Waals surface area contributed by atoms with Crippen LogP contribution in [0.25, 0.3) is 0 Å². The topological polar surface area (TPSA) is 48.4 Å². The fourth-order valence-corrected chi connectivity index (χ4v) is 1.13. The summed E-state index contributed by atoms with van der Waals surface area (Å²) in [5.41, 5.74) is 0.508. The molecular formula is C11H15NO3. The minimum Gasteiger partial charge on any atom is -0.490 e. The van der Waals surface area contributed by atoms with E-state index in [1.807, 2.05) is 6.92 Å². The smallest absolute Gasteiger partial charge is 0.165 e. The molecule has 0 radical (unpaired) electrons. The van der Waals surface area contributed by atoms with Crippen molar-refractivity contribution in [3.05, 3.63) is 24.0 Å². The molecule has 15 heavy (non-hydrogen) atoms. The first-order valence-corrected chi connectivity index (χ1v) is 4.91. The molecule has 0 aliphatic carbocycles. The Bertz CT molecular complexity index is 325. The zero-order chi connectivity index (χ0) is 11.1. The first-order valence-electron chi connectivity index (χ1n) is 4.91. The van der Waals surface area contributed by atoms with Gasteiger partial charge in [0.25, 0.3) is 0 Å². The summed E-state index contributed by atoms with van der Waals surface area (Å²) in [6.45, 7) is 5.05. The van der Waals surface area contributed by atoms with Crippen molar-refractivity contribution in [2.75, 3.05) is 19.8 Å². The van der Waals surface area contributed by atoms with Crippen LogP contribution in [0.3, 0.4) is 0 Å². The van der Waals surface area contributed by atoms with E-state index < -0.39 is 0 Å². The number of hydrogen-bond donors (Lipinski definition) is 0. The second-order valence-corrected chi connectivity index (χ2v) is 2.97. The third kappa shape index (κ3) is 3.67. The Kier molecular flexibility index (Phi) is 4.77. The van der Waals surface area contributed by atoms with Crippen molar-refractivity contribution in [1.82, 2.24) is 4.98 Å². The SMILES string of the molecule is CCOCCOc1ccncc1C(C)=O. The number of pyridine rings is 1. The van der Waals surface area contributed by atoms with Gasteiger partial charge in [0.05, 0.1) is 12.2 Å². The summed E-state index contributed by atoms with van der Waals surface area (Å²) in [6, 6.07) is 1.68. The number of Topliss-reactive ketones (excluding diaryl/α,β-unsaturated/α-hetero) is 1. The van der Waals surface area contributed by atoms with Crippen LogP contribution in [0.2, 0.25) is 0 Å². The van der Waals surface area contributed by atoms with Crippen LogP contribution in [0.1, 0.15) is 24.2 Å². The molecule has 1 rings (SSSR count). The van der Waals surface area contributed by atoms with E-state index in [2.05, 4.69) is 4.98 Å². The van der Waals surface area contributed by atoms with Gasteiger partial charge in [-0.05, 0) is 19.9 Å². The molecule has 0 N–H and O–H groups in total. The minimum atomic E-state index is -0.0468. The lowest BCUT2D eigenvalue weighted by Gasteiger charge is -2.08. The Morgan fingerprint density at radius 3 is 2.93 bits per heavy atom. The Morgan fingerprint density at radius 2 is 2.27 bits per heavy atom. The molecule has 0 saturated heterocycles. The fourth-order valence-electron chi connectivity index (χ4n) is 1.13. The summed E-state index contributed by atoms with van der Waals surface area (Å²) in [7, 11) is 0. The van der Waals surface area contributed by atoms with Gasteiger partial charge in [0.15, 0.2) is 5.78 Å². The van der Waals surface area contributed by atoms with E-state index in [9.17, 15) is 4.79 Å². The zero-order valence-corrected chi connectivity index (χ0v) is 9.03. The molecule has 0 aliphatic rings. The second kappa shape index (κ2) is 6.14. The van der Waals surface area contributed by atoms with E-state index in [1.165, 1.54) is 13.1 Å². The molecule has 0 unspecified atom stereocenters. The van der Waals surface area contributed by atoms with Gasteiger partial charge in [-0.1, -0.05) is 0 Å². The van der Waals surface area contributed by atoms with Gasteiger partial charge in [-0.2, -0.15) is 0 Å². The maximum Gasteiger partial charge on any atom is 0.165 e. The highest BCUT2D eigenvalue weighted by Crippen LogP contribution is 2.16. The van der Waals surface area contributed by atoms with Gasteiger partial charge >= 0.3 is 0 Å². The number of carbonyl (C=O) groups excluding carboxylic acids is 1. The maximum absolute atomic E-state index is 11.2. The first kappa shape index (κ1) is 11.7. The summed E-state index contributed by atoms with van der Waals surface area (Å²) in [6.07, 6.45) is 3.11. The largest absolute Gasteiger partial charge is 0.490 e. The van der Waals surface area contributed by atoms with Gasteiger partial charge in [0.2, 0.25) is 0 Å². The van der Waals surface area contributed by atoms with Crippen LogP contribution in [0, 0.1) is 0 Å². The molecule has 82 valence electrons. The summed E-state index contributed by atoms with van der Waals surface area (Å²) < 4.78 is 10.5. The predicted molar refractivity (Wildman–Crippen MR) is 56.2 cm³/mol. The van der Waals surface area contributed by atoms with E-state index in [0.29, 0.717) is 31.1 Å². The molecule has 4 heteroatoms. The van der Waals surface area contributed by atoms with Crippen molar-refractivity contribution >= 4 is 5.78 Å². The molecule has 1 heterocycles. The lowest BCUT2D eigenvalue weighted by Crippen LogP contribution is -2.08. The molecule has 1 aromatic heterocycles. The van der Waals surface area contributed by atoms with Crippen molar-refractivity contribution in [1.29, 1.82) is 0 Å². The van der Waals surface area contributed by atoms with Crippen molar-refractivity contribution in [2.24, 2.45) is 0 Å². The van der Waals surface area contributed by atoms with Crippen molar-refractivity contribution in [3.63, 3.8) is 0 Å². The van der Waals surface area contributed by atoms with Crippen LogP contribution in [0.4, 0.5) is 0 Å². The average molecular weight is 209 g/mol. The van der Waals surface area contributed by atoms with E-state index in [1.54, 1.807) is 12.3 Å². The second-order valence-electron chi connectivity index (χ2n) is 2.97. The Hall–Kier alpha value is -1.42. The normalized spacial score (nSPS) is 10.0. The third-order valence-corrected chi connectivity index (χ3v) is 1.85. The molecule has 0 fully saturated rings. The molecule has 0 spiro atoms. The summed E-state index contributed by atoms with van der Waals surface area (Å²) in [4.78, 5) is 15.1. The van der Waals surface area contributed by atoms with Gasteiger partial charge in [-0.15, -0.1) is 0 Å². The molecule has 0 saturated carbocycles. The van der Waals surface area contributed by atoms with Crippen molar-refractivity contribution in [2.45, 2.75) is 13.8 Å². The molecular weight excluding hydrogens is 194 g/mol. The number of hydrogen-bond acceptors (Lipinski definition) is 4. The van der Waals surface area contributed by atoms with Crippen molar-refractivity contribution in [3.8, 4) is 5.75 Å². The van der Waals surface area contributed by atoms with Crippen LogP contribution >= 0.6 is 0 Å². The van der Waals surface area contributed by atoms with Gasteiger partial charge in [0.1, 0.15) is 12.4 Å². The predicted octanol–water partition coefficient (Wildman–Crippen LogP) is 1.70. The van der Waals surface area contributed by atoms with E-state index >= 15 is 0 Å². The highest BCUT2D eigenvalue weighted by molar-refractivity contribution is 5.96. The van der Waals surface area contributed by atoms with E-state index in [0.717, 1.165) is 0 Å². The molecule has 0 bridgehead atoms. The standard InChI is InChI=1S/C11H15NO3/c1-3-14-6-7-15-11-4-5-12-8-10(11)9(2)13/h4-5,8H,3,6-7H2,1-2H3. The van der Waals surface area contributed by atoms with Crippen LogP contribution in [0.15, 0.2) is 18.5 Å². The summed E-state index contributed by atoms with van der Waals surface area (Å²) >= 11 is 0. The molecule has 0 atom stereocenters. The van der Waals surface area contributed by atoms with Crippen molar-refractivity contribution < 1.29 is 14.3 Å². The Balaban J connectivity index is 2.56. The molecule has 0 aliphatic heterocycles. The number of carbonyl (C=O) groups is 1. The van der Waals surface area contributed by atoms with Crippen LogP contribution < -0.4 is 4.74 Å². The van der Waals surface area contributed by atoms with Gasteiger partial charge < -0.3 is 9.47 Å². The highest BCUT2D eigenvalue weighted by Gasteiger charge is 2.07. The lowest BCUT2D eigenvalue weighted by molar-refractivity contribution is 0.0989. The minimum absolute atomic E-state index is 0.0468. The summed E-state index contributed by atoms with van der Waals surface area (Å²) in [5, 5.41) is 0. The first-order chi connectivity index (χ1) is 7.25. The molecule has 4 nitrogen and oxygen atoms in total. The maximum atomic E-state index is 11.2. The quantitative estimate of drug-likeness (QED) is 0.528. The Morgan fingerprint density at radius 1 is 1.47 bits per heavy atom. The lowest BCUT2D eigenvalue weighted by atomic mass is 10.2. The van der Waals surface area contributed by atoms with Gasteiger partial charge in [-0.25, -0.2) is 0 Å². The molecule has 0 amide bonds. The summed E-state index contributed by atoms with van der Waals surface area (Å²) in [5.74, 6) is 0.520. The number of ether oxygens (including phenoxy) is 2. The number of aromatic nitrogens is 1. The number of nitrogens with zero attached hydrogens (tertiary/aromatic N) is 1. The van der Waals surface area contributed by atoms with Crippen LogP contribution in [-0.2, 0) is 4.74 Å². The highest BCUT2D eigenvalue weighted by atomic mass is 16.5. The van der Waals surface area contributed by atoms with Crippen LogP contribution in [0.5, 0.6) is 5.75 Å².